The number of piperazine rings is 1. The highest BCUT2D eigenvalue weighted by Gasteiger charge is 2.37. The summed E-state index contributed by atoms with van der Waals surface area (Å²) in [6, 6.07) is 8.35. The molecule has 1 saturated heterocycles. The van der Waals surface area contributed by atoms with Crippen LogP contribution in [-0.2, 0) is 11.8 Å². The number of carbonyl (C=O) groups excluding carboxylic acids is 1. The minimum Gasteiger partial charge on any atom is -0.480 e. The van der Waals surface area contributed by atoms with Gasteiger partial charge in [-0.25, -0.2) is 14.8 Å². The molecule has 0 spiro atoms. The Morgan fingerprint density at radius 1 is 1.11 bits per heavy atom. The van der Waals surface area contributed by atoms with Gasteiger partial charge >= 0.3 is 5.97 Å². The van der Waals surface area contributed by atoms with E-state index in [4.69, 9.17) is 0 Å². The lowest BCUT2D eigenvalue weighted by atomic mass is 10.1. The fourth-order valence-electron chi connectivity index (χ4n) is 3.54. The first-order chi connectivity index (χ1) is 13.1. The molecule has 1 aliphatic rings. The van der Waals surface area contributed by atoms with Crippen molar-refractivity contribution >= 4 is 28.7 Å². The Balaban J connectivity index is 1.64. The molecule has 1 aromatic carbocycles. The number of amides is 1. The Labute approximate surface area is 155 Å². The summed E-state index contributed by atoms with van der Waals surface area (Å²) >= 11 is 0. The van der Waals surface area contributed by atoms with Crippen LogP contribution in [0.4, 0.5) is 5.95 Å². The van der Waals surface area contributed by atoms with Crippen molar-refractivity contribution in [2.45, 2.75) is 6.04 Å². The first-order valence-electron chi connectivity index (χ1n) is 8.66. The molecule has 0 bridgehead atoms. The van der Waals surface area contributed by atoms with Crippen LogP contribution in [0.5, 0.6) is 0 Å². The average Bonchev–Trinajstić information content (AvgIpc) is 3.04. The fraction of sp³-hybridized carbons (Fsp3) is 0.263. The summed E-state index contributed by atoms with van der Waals surface area (Å²) in [5.41, 5.74) is 1.45. The molecule has 1 aliphatic heterocycles. The zero-order chi connectivity index (χ0) is 19.0. The second-order valence-electron chi connectivity index (χ2n) is 6.52. The summed E-state index contributed by atoms with van der Waals surface area (Å²) in [5, 5.41) is 10.5. The number of benzene rings is 1. The molecule has 27 heavy (non-hydrogen) atoms. The van der Waals surface area contributed by atoms with Crippen molar-refractivity contribution in [3.63, 3.8) is 0 Å². The maximum Gasteiger partial charge on any atom is 0.328 e. The van der Waals surface area contributed by atoms with E-state index in [0.29, 0.717) is 18.1 Å². The number of rotatable bonds is 3. The summed E-state index contributed by atoms with van der Waals surface area (Å²) < 4.78 is 1.88. The molecule has 3 heterocycles. The largest absolute Gasteiger partial charge is 0.480 e. The third-order valence-corrected chi connectivity index (χ3v) is 4.89. The Morgan fingerprint density at radius 3 is 2.59 bits per heavy atom. The third kappa shape index (κ3) is 2.99. The first-order valence-corrected chi connectivity index (χ1v) is 8.66. The lowest BCUT2D eigenvalue weighted by Crippen LogP contribution is -2.58. The van der Waals surface area contributed by atoms with Gasteiger partial charge in [-0.2, -0.15) is 0 Å². The molecule has 1 fully saturated rings. The minimum absolute atomic E-state index is 0.149. The second-order valence-corrected chi connectivity index (χ2v) is 6.52. The van der Waals surface area contributed by atoms with Gasteiger partial charge in [0.2, 0.25) is 5.95 Å². The standard InChI is InChI=1S/C19H19N5O3/c1-22-11-14(13-5-2-3-6-15(13)22)17(25)24-10-9-23(12-16(24)18(26)27)19-20-7-4-8-21-19/h2-8,11,16H,9-10,12H2,1H3,(H,26,27). The monoisotopic (exact) mass is 365 g/mol. The molecule has 0 aliphatic carbocycles. The van der Waals surface area contributed by atoms with Gasteiger partial charge in [-0.3, -0.25) is 4.79 Å². The number of hydrogen-bond donors (Lipinski definition) is 1. The Kier molecular flexibility index (Phi) is 4.23. The van der Waals surface area contributed by atoms with Crippen LogP contribution in [0, 0.1) is 0 Å². The lowest BCUT2D eigenvalue weighted by molar-refractivity contribution is -0.142. The minimum atomic E-state index is -1.04. The van der Waals surface area contributed by atoms with Crippen LogP contribution >= 0.6 is 0 Å². The summed E-state index contributed by atoms with van der Waals surface area (Å²) in [5.74, 6) is -0.835. The van der Waals surface area contributed by atoms with Gasteiger partial charge in [0.05, 0.1) is 12.1 Å². The van der Waals surface area contributed by atoms with E-state index in [1.807, 2.05) is 35.9 Å². The van der Waals surface area contributed by atoms with Crippen molar-refractivity contribution in [2.24, 2.45) is 7.05 Å². The molecule has 1 amide bonds. The summed E-state index contributed by atoms with van der Waals surface area (Å²) in [4.78, 5) is 36.7. The average molecular weight is 365 g/mol. The van der Waals surface area contributed by atoms with Crippen molar-refractivity contribution in [3.05, 3.63) is 54.5 Å². The molecule has 1 atom stereocenters. The zero-order valence-electron chi connectivity index (χ0n) is 14.8. The molecule has 8 heteroatoms. The van der Waals surface area contributed by atoms with Crippen molar-refractivity contribution in [2.75, 3.05) is 24.5 Å². The van der Waals surface area contributed by atoms with Gasteiger partial charge in [0.1, 0.15) is 6.04 Å². The van der Waals surface area contributed by atoms with Crippen molar-refractivity contribution in [1.29, 1.82) is 0 Å². The highest BCUT2D eigenvalue weighted by atomic mass is 16.4. The molecule has 1 N–H and O–H groups in total. The predicted octanol–water partition coefficient (Wildman–Crippen LogP) is 1.38. The van der Waals surface area contributed by atoms with E-state index < -0.39 is 12.0 Å². The van der Waals surface area contributed by atoms with Gasteiger partial charge in [-0.1, -0.05) is 18.2 Å². The van der Waals surface area contributed by atoms with Gasteiger partial charge < -0.3 is 19.5 Å². The van der Waals surface area contributed by atoms with Crippen LogP contribution in [0.1, 0.15) is 10.4 Å². The number of aryl methyl sites for hydroxylation is 1. The molecular weight excluding hydrogens is 346 g/mol. The van der Waals surface area contributed by atoms with E-state index in [1.165, 1.54) is 4.90 Å². The number of carboxylic acid groups (broad SMARTS) is 1. The number of fused-ring (bicyclic) bond motifs is 1. The van der Waals surface area contributed by atoms with Crippen LogP contribution in [0.2, 0.25) is 0 Å². The number of nitrogens with zero attached hydrogens (tertiary/aromatic N) is 5. The van der Waals surface area contributed by atoms with Crippen molar-refractivity contribution in [3.8, 4) is 0 Å². The Bertz CT molecular complexity index is 1000. The smallest absolute Gasteiger partial charge is 0.328 e. The number of aromatic nitrogens is 3. The fourth-order valence-corrected chi connectivity index (χ4v) is 3.54. The van der Waals surface area contributed by atoms with Gasteiger partial charge in [0.25, 0.3) is 5.91 Å². The first kappa shape index (κ1) is 17.0. The third-order valence-electron chi connectivity index (χ3n) is 4.89. The normalized spacial score (nSPS) is 17.3. The van der Waals surface area contributed by atoms with Gasteiger partial charge in [-0.05, 0) is 12.1 Å². The number of anilines is 1. The number of para-hydroxylation sites is 1. The van der Waals surface area contributed by atoms with Crippen LogP contribution in [0.25, 0.3) is 10.9 Å². The van der Waals surface area contributed by atoms with E-state index in [9.17, 15) is 14.7 Å². The number of aliphatic carboxylic acids is 1. The number of hydrogen-bond acceptors (Lipinski definition) is 5. The van der Waals surface area contributed by atoms with Crippen molar-refractivity contribution in [1.82, 2.24) is 19.4 Å². The van der Waals surface area contributed by atoms with Gasteiger partial charge in [0, 0.05) is 49.6 Å². The quantitative estimate of drug-likeness (QED) is 0.754. The van der Waals surface area contributed by atoms with Crippen LogP contribution < -0.4 is 4.90 Å². The maximum absolute atomic E-state index is 13.2. The molecule has 0 radical (unpaired) electrons. The predicted molar refractivity (Wildman–Crippen MR) is 99.6 cm³/mol. The van der Waals surface area contributed by atoms with E-state index >= 15 is 0 Å². The molecule has 8 nitrogen and oxygen atoms in total. The van der Waals surface area contributed by atoms with E-state index in [0.717, 1.165) is 10.9 Å². The SMILES string of the molecule is Cn1cc(C(=O)N2CCN(c3ncccn3)CC2C(=O)O)c2ccccc21. The second kappa shape index (κ2) is 6.71. The van der Waals surface area contributed by atoms with Crippen LogP contribution in [-0.4, -0.2) is 62.1 Å². The lowest BCUT2D eigenvalue weighted by Gasteiger charge is -2.39. The molecule has 4 rings (SSSR count). The van der Waals surface area contributed by atoms with E-state index in [-0.39, 0.29) is 19.0 Å². The Morgan fingerprint density at radius 2 is 1.85 bits per heavy atom. The topological polar surface area (TPSA) is 91.6 Å². The van der Waals surface area contributed by atoms with E-state index in [1.54, 1.807) is 29.6 Å². The van der Waals surface area contributed by atoms with Crippen LogP contribution in [0.15, 0.2) is 48.9 Å². The molecule has 138 valence electrons. The van der Waals surface area contributed by atoms with Crippen molar-refractivity contribution < 1.29 is 14.7 Å². The van der Waals surface area contributed by atoms with E-state index in [2.05, 4.69) is 9.97 Å². The number of carboxylic acids is 1. The highest BCUT2D eigenvalue weighted by molar-refractivity contribution is 6.08. The summed E-state index contributed by atoms with van der Waals surface area (Å²) in [6.45, 7) is 0.914. The molecule has 1 unspecified atom stereocenters. The van der Waals surface area contributed by atoms with Crippen LogP contribution in [0.3, 0.4) is 0 Å². The number of carbonyl (C=O) groups is 2. The molecule has 2 aromatic heterocycles. The maximum atomic E-state index is 13.2. The van der Waals surface area contributed by atoms with Gasteiger partial charge in [-0.15, -0.1) is 0 Å². The molecular formula is C19H19N5O3. The summed E-state index contributed by atoms with van der Waals surface area (Å²) in [6.07, 6.45) is 5.00. The zero-order valence-corrected chi connectivity index (χ0v) is 14.8. The highest BCUT2D eigenvalue weighted by Crippen LogP contribution is 2.24. The molecule has 3 aromatic rings. The molecule has 0 saturated carbocycles. The van der Waals surface area contributed by atoms with Gasteiger partial charge in [0.15, 0.2) is 0 Å². The Hall–Kier alpha value is -3.42. The summed E-state index contributed by atoms with van der Waals surface area (Å²) in [7, 11) is 1.87.